The van der Waals surface area contributed by atoms with Crippen molar-refractivity contribution in [3.8, 4) is 11.5 Å². The maximum atomic E-state index is 12.9. The summed E-state index contributed by atoms with van der Waals surface area (Å²) >= 11 is 0. The molecule has 0 aromatic carbocycles. The molecule has 0 bridgehead atoms. The monoisotopic (exact) mass is 344 g/mol. The van der Waals surface area contributed by atoms with Crippen LogP contribution in [-0.4, -0.2) is 47.9 Å². The molecule has 9 heteroatoms. The van der Waals surface area contributed by atoms with E-state index in [1.807, 2.05) is 0 Å². The van der Waals surface area contributed by atoms with Gasteiger partial charge in [0.2, 0.25) is 5.76 Å². The lowest BCUT2D eigenvalue weighted by Crippen LogP contribution is -2.48. The van der Waals surface area contributed by atoms with Crippen molar-refractivity contribution < 1.29 is 31.6 Å². The molecule has 1 aliphatic rings. The van der Waals surface area contributed by atoms with Crippen LogP contribution in [0.1, 0.15) is 23.3 Å². The van der Waals surface area contributed by atoms with Gasteiger partial charge >= 0.3 is 6.18 Å². The smallest absolute Gasteiger partial charge is 0.406 e. The zero-order valence-electron chi connectivity index (χ0n) is 12.6. The fraction of sp³-hybridized carbons (Fsp3) is 0.467. The van der Waals surface area contributed by atoms with Crippen molar-refractivity contribution in [2.45, 2.75) is 25.1 Å². The largest absolute Gasteiger partial charge is 0.461 e. The molecular formula is C15H15F3N2O4. The molecule has 0 spiro atoms. The Labute approximate surface area is 135 Å². The molecule has 0 aliphatic carbocycles. The fourth-order valence-electron chi connectivity index (χ4n) is 2.61. The summed E-state index contributed by atoms with van der Waals surface area (Å²) in [6.07, 6.45) is -2.38. The van der Waals surface area contributed by atoms with Crippen LogP contribution in [0.5, 0.6) is 0 Å². The first-order chi connectivity index (χ1) is 11.4. The van der Waals surface area contributed by atoms with Gasteiger partial charge in [0, 0.05) is 25.3 Å². The van der Waals surface area contributed by atoms with Crippen LogP contribution in [0.25, 0.3) is 11.5 Å². The number of rotatable bonds is 4. The first-order valence-corrected chi connectivity index (χ1v) is 7.40. The van der Waals surface area contributed by atoms with Crippen LogP contribution in [0.2, 0.25) is 0 Å². The van der Waals surface area contributed by atoms with E-state index in [2.05, 4.69) is 5.16 Å². The highest BCUT2D eigenvalue weighted by Gasteiger charge is 2.38. The Bertz CT molecular complexity index is 675. The van der Waals surface area contributed by atoms with Gasteiger partial charge in [0.25, 0.3) is 5.91 Å². The number of ether oxygens (including phenoxy) is 1. The second kappa shape index (κ2) is 6.68. The third-order valence-electron chi connectivity index (χ3n) is 3.74. The highest BCUT2D eigenvalue weighted by atomic mass is 19.4. The zero-order chi connectivity index (χ0) is 17.2. The van der Waals surface area contributed by atoms with Gasteiger partial charge in [-0.15, -0.1) is 0 Å². The summed E-state index contributed by atoms with van der Waals surface area (Å²) in [5.41, 5.74) is -0.183. The van der Waals surface area contributed by atoms with Crippen LogP contribution >= 0.6 is 0 Å². The van der Waals surface area contributed by atoms with E-state index < -0.39 is 24.7 Å². The lowest BCUT2D eigenvalue weighted by atomic mass is 10.1. The number of carbonyl (C=O) groups excluding carboxylic acids is 1. The fourth-order valence-corrected chi connectivity index (χ4v) is 2.61. The molecule has 1 aliphatic heterocycles. The maximum Gasteiger partial charge on any atom is 0.406 e. The number of hydrogen-bond donors (Lipinski definition) is 0. The Morgan fingerprint density at radius 1 is 1.29 bits per heavy atom. The number of carbonyl (C=O) groups is 1. The van der Waals surface area contributed by atoms with Crippen LogP contribution in [0.15, 0.2) is 33.4 Å². The second-order valence-corrected chi connectivity index (χ2v) is 5.45. The molecular weight excluding hydrogens is 329 g/mol. The average Bonchev–Trinajstić information content (AvgIpc) is 3.22. The molecule has 2 aromatic heterocycles. The minimum atomic E-state index is -4.50. The van der Waals surface area contributed by atoms with Crippen molar-refractivity contribution in [1.29, 1.82) is 0 Å². The van der Waals surface area contributed by atoms with Crippen LogP contribution in [0, 0.1) is 0 Å². The third-order valence-corrected chi connectivity index (χ3v) is 3.74. The summed E-state index contributed by atoms with van der Waals surface area (Å²) in [6.45, 7) is -0.690. The van der Waals surface area contributed by atoms with Gasteiger partial charge < -0.3 is 18.6 Å². The Hall–Kier alpha value is -2.29. The molecule has 24 heavy (non-hydrogen) atoms. The number of alkyl halides is 3. The van der Waals surface area contributed by atoms with E-state index in [9.17, 15) is 18.0 Å². The molecule has 6 nitrogen and oxygen atoms in total. The molecule has 130 valence electrons. The zero-order valence-corrected chi connectivity index (χ0v) is 12.6. The van der Waals surface area contributed by atoms with Gasteiger partial charge in [0.05, 0.1) is 6.26 Å². The van der Waals surface area contributed by atoms with Gasteiger partial charge in [-0.2, -0.15) is 13.2 Å². The summed E-state index contributed by atoms with van der Waals surface area (Å²) in [4.78, 5) is 13.3. The summed E-state index contributed by atoms with van der Waals surface area (Å²) in [6, 6.07) is 3.96. The molecule has 3 heterocycles. The van der Waals surface area contributed by atoms with Crippen molar-refractivity contribution in [1.82, 2.24) is 10.1 Å². The minimum Gasteiger partial charge on any atom is -0.461 e. The van der Waals surface area contributed by atoms with Gasteiger partial charge in [-0.1, -0.05) is 5.16 Å². The summed E-state index contributed by atoms with van der Waals surface area (Å²) in [5, 5.41) is 3.59. The number of furan rings is 1. The molecule has 1 saturated heterocycles. The molecule has 0 saturated carbocycles. The predicted molar refractivity (Wildman–Crippen MR) is 75.1 cm³/mol. The van der Waals surface area contributed by atoms with Gasteiger partial charge in [0.1, 0.15) is 6.54 Å². The molecule has 0 N–H and O–H groups in total. The first-order valence-electron chi connectivity index (χ1n) is 7.40. The van der Waals surface area contributed by atoms with E-state index >= 15 is 0 Å². The maximum absolute atomic E-state index is 12.9. The van der Waals surface area contributed by atoms with Crippen molar-refractivity contribution in [2.75, 3.05) is 19.8 Å². The van der Waals surface area contributed by atoms with Crippen molar-refractivity contribution in [2.24, 2.45) is 0 Å². The number of aromatic nitrogens is 1. The molecule has 1 fully saturated rings. The quantitative estimate of drug-likeness (QED) is 0.852. The van der Waals surface area contributed by atoms with Crippen LogP contribution < -0.4 is 0 Å². The van der Waals surface area contributed by atoms with E-state index in [0.717, 1.165) is 4.90 Å². The molecule has 0 radical (unpaired) electrons. The number of halogens is 3. The van der Waals surface area contributed by atoms with Crippen LogP contribution in [-0.2, 0) is 4.74 Å². The molecule has 2 aromatic rings. The van der Waals surface area contributed by atoms with E-state index in [1.54, 1.807) is 12.1 Å². The van der Waals surface area contributed by atoms with Crippen LogP contribution in [0.4, 0.5) is 13.2 Å². The summed E-state index contributed by atoms with van der Waals surface area (Å²) in [7, 11) is 0. The Balaban J connectivity index is 1.82. The molecule has 0 atom stereocenters. The second-order valence-electron chi connectivity index (χ2n) is 5.45. The molecule has 3 rings (SSSR count). The summed E-state index contributed by atoms with van der Waals surface area (Å²) < 4.78 is 53.9. The van der Waals surface area contributed by atoms with Crippen molar-refractivity contribution in [3.63, 3.8) is 0 Å². The Morgan fingerprint density at radius 2 is 2.04 bits per heavy atom. The first kappa shape index (κ1) is 16.6. The highest BCUT2D eigenvalue weighted by molar-refractivity contribution is 5.93. The van der Waals surface area contributed by atoms with E-state index in [1.165, 1.54) is 12.3 Å². The average molecular weight is 344 g/mol. The lowest BCUT2D eigenvalue weighted by molar-refractivity contribution is -0.147. The Morgan fingerprint density at radius 3 is 2.67 bits per heavy atom. The normalized spacial score (nSPS) is 16.3. The summed E-state index contributed by atoms with van der Waals surface area (Å²) in [5.74, 6) is -0.293. The molecule has 0 unspecified atom stereocenters. The number of nitrogens with zero attached hydrogens (tertiary/aromatic N) is 2. The Kier molecular flexibility index (Phi) is 4.61. The van der Waals surface area contributed by atoms with E-state index in [0.29, 0.717) is 31.8 Å². The highest BCUT2D eigenvalue weighted by Crippen LogP contribution is 2.26. The van der Waals surface area contributed by atoms with Crippen molar-refractivity contribution >= 4 is 5.91 Å². The predicted octanol–water partition coefficient (Wildman–Crippen LogP) is 3.12. The number of amides is 1. The van der Waals surface area contributed by atoms with Crippen molar-refractivity contribution in [3.05, 3.63) is 30.2 Å². The van der Waals surface area contributed by atoms with E-state index in [-0.39, 0.29) is 11.5 Å². The van der Waals surface area contributed by atoms with Gasteiger partial charge in [-0.25, -0.2) is 0 Å². The van der Waals surface area contributed by atoms with Gasteiger partial charge in [0.15, 0.2) is 11.5 Å². The topological polar surface area (TPSA) is 68.7 Å². The lowest BCUT2D eigenvalue weighted by Gasteiger charge is -2.34. The molecule has 1 amide bonds. The van der Waals surface area contributed by atoms with Gasteiger partial charge in [-0.05, 0) is 25.0 Å². The SMILES string of the molecule is O=C(c1cc(-c2ccco2)on1)N(CC(F)(F)F)C1CCOCC1. The van der Waals surface area contributed by atoms with Crippen LogP contribution in [0.3, 0.4) is 0 Å². The van der Waals surface area contributed by atoms with Gasteiger partial charge in [-0.3, -0.25) is 4.79 Å². The number of hydrogen-bond acceptors (Lipinski definition) is 5. The standard InChI is InChI=1S/C15H15F3N2O4/c16-15(17,18)9-20(10-3-6-22-7-4-10)14(21)11-8-13(24-19-11)12-2-1-5-23-12/h1-2,5,8,10H,3-4,6-7,9H2. The third kappa shape index (κ3) is 3.78. The van der Waals surface area contributed by atoms with E-state index in [4.69, 9.17) is 13.7 Å². The minimum absolute atomic E-state index is 0.183.